The monoisotopic (exact) mass is 417 g/mol. The third kappa shape index (κ3) is 4.09. The van der Waals surface area contributed by atoms with Gasteiger partial charge in [-0.25, -0.2) is 0 Å². The highest BCUT2D eigenvalue weighted by Gasteiger charge is 2.20. The summed E-state index contributed by atoms with van der Waals surface area (Å²) in [5, 5.41) is 0. The number of hydrogen-bond donors (Lipinski definition) is 1. The minimum atomic E-state index is -0.0966. The first-order valence-corrected chi connectivity index (χ1v) is 9.82. The van der Waals surface area contributed by atoms with Crippen LogP contribution in [0.2, 0.25) is 0 Å². The van der Waals surface area contributed by atoms with Crippen LogP contribution in [-0.2, 0) is 12.8 Å². The second kappa shape index (κ2) is 7.78. The van der Waals surface area contributed by atoms with Crippen LogP contribution >= 0.6 is 15.9 Å². The molecule has 0 spiro atoms. The normalized spacial score (nSPS) is 16.5. The molecule has 0 aliphatic carbocycles. The van der Waals surface area contributed by atoms with Crippen molar-refractivity contribution in [1.82, 2.24) is 4.98 Å². The van der Waals surface area contributed by atoms with E-state index in [-0.39, 0.29) is 11.3 Å². The van der Waals surface area contributed by atoms with Crippen molar-refractivity contribution < 1.29 is 9.53 Å². The Bertz CT molecular complexity index is 901. The fourth-order valence-corrected chi connectivity index (χ4v) is 4.16. The molecule has 4 nitrogen and oxygen atoms in total. The fourth-order valence-electron chi connectivity index (χ4n) is 3.54. The Hall–Kier alpha value is -1.88. The van der Waals surface area contributed by atoms with Gasteiger partial charge in [-0.15, -0.1) is 0 Å². The van der Waals surface area contributed by atoms with Crippen molar-refractivity contribution in [3.8, 4) is 5.75 Å². The molecule has 1 unspecified atom stereocenters. The first-order valence-electron chi connectivity index (χ1n) is 9.03. The smallest absolute Gasteiger partial charge is 0.251 e. The van der Waals surface area contributed by atoms with Crippen molar-refractivity contribution in [3.05, 3.63) is 61.0 Å². The van der Waals surface area contributed by atoms with Crippen molar-refractivity contribution in [2.75, 3.05) is 6.61 Å². The van der Waals surface area contributed by atoms with E-state index in [1.807, 2.05) is 32.0 Å². The number of aryl methyl sites for hydroxylation is 2. The number of nitrogens with one attached hydrogen (secondary N) is 1. The number of ether oxygens (including phenoxy) is 1. The number of ketones is 1. The average Bonchev–Trinajstić information content (AvgIpc) is 2.74. The highest BCUT2D eigenvalue weighted by molar-refractivity contribution is 9.10. The Kier molecular flexibility index (Phi) is 5.66. The number of rotatable bonds is 4. The molecule has 5 heteroatoms. The summed E-state index contributed by atoms with van der Waals surface area (Å²) >= 11 is 3.55. The minimum absolute atomic E-state index is 0.0461. The van der Waals surface area contributed by atoms with Crippen LogP contribution in [0.1, 0.15) is 52.5 Å². The van der Waals surface area contributed by atoms with E-state index in [0.29, 0.717) is 36.5 Å². The second-order valence-electron chi connectivity index (χ2n) is 7.26. The number of fused-ring (bicyclic) bond motifs is 1. The lowest BCUT2D eigenvalue weighted by Gasteiger charge is -2.12. The number of benzene rings is 1. The lowest BCUT2D eigenvalue weighted by atomic mass is 9.95. The topological polar surface area (TPSA) is 59.2 Å². The summed E-state index contributed by atoms with van der Waals surface area (Å²) in [5.74, 6) is 1.43. The van der Waals surface area contributed by atoms with Gasteiger partial charge in [-0.3, -0.25) is 9.59 Å². The van der Waals surface area contributed by atoms with Crippen LogP contribution in [0.15, 0.2) is 27.5 Å². The molecule has 0 saturated heterocycles. The van der Waals surface area contributed by atoms with Crippen molar-refractivity contribution >= 4 is 21.7 Å². The van der Waals surface area contributed by atoms with E-state index in [2.05, 4.69) is 27.8 Å². The van der Waals surface area contributed by atoms with Gasteiger partial charge in [0.25, 0.3) is 5.56 Å². The zero-order valence-electron chi connectivity index (χ0n) is 15.4. The molecule has 0 amide bonds. The molecule has 2 heterocycles. The Labute approximate surface area is 162 Å². The lowest BCUT2D eigenvalue weighted by molar-refractivity contribution is 0.0982. The number of aromatic amines is 1. The first kappa shape index (κ1) is 18.9. The van der Waals surface area contributed by atoms with Crippen molar-refractivity contribution in [2.45, 2.75) is 46.5 Å². The fraction of sp³-hybridized carbons (Fsp3) is 0.429. The van der Waals surface area contributed by atoms with Gasteiger partial charge in [0.1, 0.15) is 5.75 Å². The largest absolute Gasteiger partial charge is 0.492 e. The third-order valence-corrected chi connectivity index (χ3v) is 5.55. The van der Waals surface area contributed by atoms with Gasteiger partial charge in [0.05, 0.1) is 11.1 Å². The number of Topliss-reactive ketones (excluding diaryl/α,β-unsaturated/α-hetero) is 1. The summed E-state index contributed by atoms with van der Waals surface area (Å²) in [6.45, 7) is 6.68. The van der Waals surface area contributed by atoms with E-state index < -0.39 is 0 Å². The number of aromatic nitrogens is 1. The van der Waals surface area contributed by atoms with Crippen LogP contribution in [-0.4, -0.2) is 17.4 Å². The molecule has 1 aromatic heterocycles. The van der Waals surface area contributed by atoms with Gasteiger partial charge in [-0.1, -0.05) is 6.92 Å². The first-order chi connectivity index (χ1) is 12.3. The molecule has 2 aromatic rings. The molecule has 1 atom stereocenters. The van der Waals surface area contributed by atoms with E-state index in [4.69, 9.17) is 4.74 Å². The molecule has 0 saturated carbocycles. The lowest BCUT2D eigenvalue weighted by Crippen LogP contribution is -2.17. The van der Waals surface area contributed by atoms with Crippen LogP contribution in [0.5, 0.6) is 5.75 Å². The molecule has 3 rings (SSSR count). The van der Waals surface area contributed by atoms with E-state index in [1.165, 1.54) is 0 Å². The Balaban J connectivity index is 1.81. The Morgan fingerprint density at radius 2 is 2.08 bits per heavy atom. The standard InChI is InChI=1S/C21H24BrNO3/c1-12-6-7-26-20-16(8-12)10-15(11-18(20)22)19(24)5-4-17-13(2)9-14(3)23-21(17)25/h9-12H,4-8H2,1-3H3,(H,23,25). The highest BCUT2D eigenvalue weighted by atomic mass is 79.9. The summed E-state index contributed by atoms with van der Waals surface area (Å²) in [6, 6.07) is 5.73. The summed E-state index contributed by atoms with van der Waals surface area (Å²) in [7, 11) is 0. The maximum atomic E-state index is 12.7. The van der Waals surface area contributed by atoms with Gasteiger partial charge in [0.2, 0.25) is 0 Å². The van der Waals surface area contributed by atoms with E-state index in [0.717, 1.165) is 39.9 Å². The molecule has 138 valence electrons. The quantitative estimate of drug-likeness (QED) is 0.743. The van der Waals surface area contributed by atoms with E-state index >= 15 is 0 Å². The predicted molar refractivity (Wildman–Crippen MR) is 106 cm³/mol. The zero-order valence-corrected chi connectivity index (χ0v) is 17.0. The minimum Gasteiger partial charge on any atom is -0.492 e. The SMILES string of the molecule is Cc1cc(C)c(CCC(=O)c2cc(Br)c3c(c2)CC(C)CCO3)c(=O)[nH]1. The maximum absolute atomic E-state index is 12.7. The van der Waals surface area contributed by atoms with Crippen LogP contribution < -0.4 is 10.3 Å². The van der Waals surface area contributed by atoms with E-state index in [1.54, 1.807) is 0 Å². The highest BCUT2D eigenvalue weighted by Crippen LogP contribution is 2.35. The van der Waals surface area contributed by atoms with Gasteiger partial charge in [-0.05, 0) is 84.3 Å². The molecule has 1 aliphatic heterocycles. The molecule has 0 radical (unpaired) electrons. The predicted octanol–water partition coefficient (Wildman–Crippen LogP) is 4.53. The number of carbonyl (C=O) groups excluding carboxylic acids is 1. The molecule has 1 N–H and O–H groups in total. The van der Waals surface area contributed by atoms with Gasteiger partial charge >= 0.3 is 0 Å². The van der Waals surface area contributed by atoms with Gasteiger partial charge in [0.15, 0.2) is 5.78 Å². The van der Waals surface area contributed by atoms with Crippen molar-refractivity contribution in [3.63, 3.8) is 0 Å². The van der Waals surface area contributed by atoms with Crippen molar-refractivity contribution in [2.24, 2.45) is 5.92 Å². The molecule has 0 bridgehead atoms. The molecule has 0 fully saturated rings. The number of carbonyl (C=O) groups is 1. The summed E-state index contributed by atoms with van der Waals surface area (Å²) < 4.78 is 6.68. The zero-order chi connectivity index (χ0) is 18.8. The van der Waals surface area contributed by atoms with Gasteiger partial charge in [-0.2, -0.15) is 0 Å². The van der Waals surface area contributed by atoms with Crippen LogP contribution in [0.3, 0.4) is 0 Å². The average molecular weight is 418 g/mol. The molecule has 1 aromatic carbocycles. The number of pyridine rings is 1. The Morgan fingerprint density at radius 3 is 2.81 bits per heavy atom. The molecule has 1 aliphatic rings. The second-order valence-corrected chi connectivity index (χ2v) is 8.11. The molecular formula is C21H24BrNO3. The van der Waals surface area contributed by atoms with Crippen molar-refractivity contribution in [1.29, 1.82) is 0 Å². The van der Waals surface area contributed by atoms with E-state index in [9.17, 15) is 9.59 Å². The van der Waals surface area contributed by atoms with Crippen LogP contribution in [0.4, 0.5) is 0 Å². The maximum Gasteiger partial charge on any atom is 0.251 e. The number of hydrogen-bond acceptors (Lipinski definition) is 3. The summed E-state index contributed by atoms with van der Waals surface area (Å²) in [6.07, 6.45) is 2.68. The Morgan fingerprint density at radius 1 is 1.31 bits per heavy atom. The summed E-state index contributed by atoms with van der Waals surface area (Å²) in [5.41, 5.74) is 4.12. The third-order valence-electron chi connectivity index (χ3n) is 4.96. The summed E-state index contributed by atoms with van der Waals surface area (Å²) in [4.78, 5) is 27.7. The molecule has 26 heavy (non-hydrogen) atoms. The molecular weight excluding hydrogens is 394 g/mol. The number of H-pyrrole nitrogens is 1. The van der Waals surface area contributed by atoms with Gasteiger partial charge in [0, 0.05) is 23.2 Å². The van der Waals surface area contributed by atoms with Crippen LogP contribution in [0.25, 0.3) is 0 Å². The van der Waals surface area contributed by atoms with Gasteiger partial charge < -0.3 is 9.72 Å². The number of halogens is 1. The van der Waals surface area contributed by atoms with Crippen LogP contribution in [0, 0.1) is 19.8 Å².